The number of carbonyl (C=O) groups excluding carboxylic acids is 1. The van der Waals surface area contributed by atoms with Gasteiger partial charge in [0.2, 0.25) is 0 Å². The van der Waals surface area contributed by atoms with Crippen LogP contribution in [0.25, 0.3) is 33.2 Å². The van der Waals surface area contributed by atoms with Gasteiger partial charge in [-0.2, -0.15) is 10.4 Å². The molecule has 6 aromatic rings. The van der Waals surface area contributed by atoms with E-state index in [-0.39, 0.29) is 25.9 Å². The minimum Gasteiger partial charge on any atom is -0.489 e. The lowest BCUT2D eigenvalue weighted by Gasteiger charge is -2.27. The molecule has 1 fully saturated rings. The second kappa shape index (κ2) is 19.6. The van der Waals surface area contributed by atoms with Gasteiger partial charge in [0, 0.05) is 71.2 Å². The van der Waals surface area contributed by atoms with E-state index in [4.69, 9.17) is 42.5 Å². The van der Waals surface area contributed by atoms with E-state index in [1.54, 1.807) is 12.3 Å². The number of rotatable bonds is 15. The fourth-order valence-electron chi connectivity index (χ4n) is 7.56. The number of esters is 1. The predicted molar refractivity (Wildman–Crippen MR) is 248 cm³/mol. The number of halogens is 2. The number of aromatic nitrogens is 3. The number of β-amino-alcohol motifs (C(OH)–C–C–N with tert-alkyl or cyclic N) is 1. The van der Waals surface area contributed by atoms with Crippen LogP contribution in [0.1, 0.15) is 75.8 Å². The highest BCUT2D eigenvalue weighted by atomic mass is 35.5. The molecular weight excluding hydrogens is 835 g/mol. The monoisotopic (exact) mass is 888 g/mol. The summed E-state index contributed by atoms with van der Waals surface area (Å²) in [5.41, 5.74) is 7.35. The molecule has 328 valence electrons. The highest BCUT2D eigenvalue weighted by molar-refractivity contribution is 6.36. The number of aliphatic hydroxyl groups excluding tert-OH is 1. The fourth-order valence-corrected chi connectivity index (χ4v) is 8.14. The van der Waals surface area contributed by atoms with E-state index in [1.807, 2.05) is 94.9 Å². The molecular formula is C50H54Cl2N6O5. The summed E-state index contributed by atoms with van der Waals surface area (Å²) in [5.74, 6) is 0.103. The summed E-state index contributed by atoms with van der Waals surface area (Å²) in [4.78, 5) is 19.8. The van der Waals surface area contributed by atoms with Crippen LogP contribution < -0.4 is 10.1 Å². The zero-order valence-corrected chi connectivity index (χ0v) is 38.1. The maximum atomic E-state index is 13.4. The third-order valence-corrected chi connectivity index (χ3v) is 11.4. The Balaban J connectivity index is 1.16. The van der Waals surface area contributed by atoms with Crippen LogP contribution in [-0.4, -0.2) is 73.8 Å². The van der Waals surface area contributed by atoms with Gasteiger partial charge >= 0.3 is 5.97 Å². The first-order valence-electron chi connectivity index (χ1n) is 21.1. The summed E-state index contributed by atoms with van der Waals surface area (Å²) in [6.45, 7) is 14.5. The molecule has 2 aromatic heterocycles. The van der Waals surface area contributed by atoms with Crippen LogP contribution in [0.4, 0.5) is 0 Å². The van der Waals surface area contributed by atoms with Crippen LogP contribution in [0.15, 0.2) is 97.5 Å². The molecule has 2 N–H and O–H groups in total. The van der Waals surface area contributed by atoms with Crippen LogP contribution in [-0.2, 0) is 40.5 Å². The van der Waals surface area contributed by atoms with Gasteiger partial charge in [0.15, 0.2) is 0 Å². The second-order valence-electron chi connectivity index (χ2n) is 18.0. The van der Waals surface area contributed by atoms with E-state index in [9.17, 15) is 15.2 Å². The Kier molecular flexibility index (Phi) is 14.2. The fraction of sp³-hybridized carbons (Fsp3) is 0.360. The molecule has 4 aromatic carbocycles. The van der Waals surface area contributed by atoms with Crippen molar-refractivity contribution in [2.45, 2.75) is 97.6 Å². The maximum Gasteiger partial charge on any atom is 0.326 e. The summed E-state index contributed by atoms with van der Waals surface area (Å²) in [7, 11) is 0. The van der Waals surface area contributed by atoms with Crippen molar-refractivity contribution >= 4 is 40.1 Å². The standard InChI is InChI=1S/C50H54Cl2N6O5/c1-49(2,3)62-31-44(48(60)63-50(4,5)6)55-25-36-20-43(51)37(21-46(36)61-30-34-19-33(22-53)23-54-24-34)28-58-45-12-8-10-40(42(45)26-56-58)41-11-7-9-39(47(41)52)35-15-13-32(14-16-35)27-57-18-17-38(59)29-57/h7-16,19-21,23-24,26,38,44,55,59H,17-18,25,27-31H2,1-6H3/t38-,44+/m1/s1. The summed E-state index contributed by atoms with van der Waals surface area (Å²) in [6.07, 6.45) is 5.59. The third-order valence-electron chi connectivity index (χ3n) is 10.7. The highest BCUT2D eigenvalue weighted by Crippen LogP contribution is 2.40. The molecule has 1 aliphatic rings. The van der Waals surface area contributed by atoms with Gasteiger partial charge in [-0.15, -0.1) is 0 Å². The van der Waals surface area contributed by atoms with Crippen LogP contribution in [0.5, 0.6) is 5.75 Å². The van der Waals surface area contributed by atoms with Crippen LogP contribution in [0.3, 0.4) is 0 Å². The lowest BCUT2D eigenvalue weighted by Crippen LogP contribution is -2.45. The number of nitrogens with zero attached hydrogens (tertiary/aromatic N) is 5. The molecule has 0 saturated carbocycles. The summed E-state index contributed by atoms with van der Waals surface area (Å²) < 4.78 is 20.1. The Labute approximate surface area is 379 Å². The molecule has 0 amide bonds. The molecule has 7 rings (SSSR count). The minimum absolute atomic E-state index is 0.0933. The highest BCUT2D eigenvalue weighted by Gasteiger charge is 2.28. The molecule has 1 saturated heterocycles. The summed E-state index contributed by atoms with van der Waals surface area (Å²) >= 11 is 14.3. The van der Waals surface area contributed by atoms with E-state index in [0.717, 1.165) is 63.8 Å². The predicted octanol–water partition coefficient (Wildman–Crippen LogP) is 9.75. The minimum atomic E-state index is -0.771. The van der Waals surface area contributed by atoms with Gasteiger partial charge in [-0.05, 0) is 94.5 Å². The van der Waals surface area contributed by atoms with Crippen molar-refractivity contribution in [2.24, 2.45) is 0 Å². The topological polar surface area (TPSA) is 135 Å². The first-order chi connectivity index (χ1) is 30.0. The van der Waals surface area contributed by atoms with Gasteiger partial charge in [-0.25, -0.2) is 0 Å². The van der Waals surface area contributed by atoms with Crippen LogP contribution in [0, 0.1) is 11.3 Å². The molecule has 63 heavy (non-hydrogen) atoms. The normalized spacial score (nSPS) is 15.1. The Morgan fingerprint density at radius 1 is 0.905 bits per heavy atom. The number of benzene rings is 4. The van der Waals surface area contributed by atoms with Gasteiger partial charge in [0.1, 0.15) is 30.1 Å². The zero-order chi connectivity index (χ0) is 44.9. The Hall–Kier alpha value is -5.32. The number of carbonyl (C=O) groups is 1. The molecule has 0 spiro atoms. The molecule has 0 bridgehead atoms. The van der Waals surface area contributed by atoms with Gasteiger partial charge in [-0.3, -0.25) is 24.7 Å². The number of pyridine rings is 1. The Morgan fingerprint density at radius 2 is 1.65 bits per heavy atom. The van der Waals surface area contributed by atoms with E-state index in [1.165, 1.54) is 11.8 Å². The van der Waals surface area contributed by atoms with E-state index < -0.39 is 23.2 Å². The van der Waals surface area contributed by atoms with Crippen molar-refractivity contribution in [3.05, 3.63) is 135 Å². The van der Waals surface area contributed by atoms with Crippen molar-refractivity contribution in [3.8, 4) is 34.1 Å². The SMILES string of the molecule is CC(C)(C)OC[C@H](NCc1cc(Cl)c(Cn2ncc3c(-c4cccc(-c5ccc(CN6CC[C@@H](O)C6)cc5)c4Cl)cccc32)cc1OCc1cncc(C#N)c1)C(=O)OC(C)(C)C. The van der Waals surface area contributed by atoms with E-state index in [2.05, 4.69) is 51.6 Å². The summed E-state index contributed by atoms with van der Waals surface area (Å²) in [6, 6.07) is 27.5. The molecule has 2 atom stereocenters. The Bertz CT molecular complexity index is 2610. The van der Waals surface area contributed by atoms with Crippen molar-refractivity contribution in [1.29, 1.82) is 5.26 Å². The van der Waals surface area contributed by atoms with E-state index >= 15 is 0 Å². The van der Waals surface area contributed by atoms with Crippen LogP contribution in [0.2, 0.25) is 10.0 Å². The lowest BCUT2D eigenvalue weighted by atomic mass is 9.96. The van der Waals surface area contributed by atoms with Gasteiger partial charge in [0.25, 0.3) is 0 Å². The number of nitrogens with one attached hydrogen (secondary N) is 1. The smallest absolute Gasteiger partial charge is 0.326 e. The average Bonchev–Trinajstić information content (AvgIpc) is 3.85. The third kappa shape index (κ3) is 11.8. The molecule has 13 heteroatoms. The van der Waals surface area contributed by atoms with E-state index in [0.29, 0.717) is 40.0 Å². The lowest BCUT2D eigenvalue weighted by molar-refractivity contribution is -0.160. The number of hydrogen-bond donors (Lipinski definition) is 2. The number of nitriles is 1. The van der Waals surface area contributed by atoms with Gasteiger partial charge < -0.3 is 19.3 Å². The van der Waals surface area contributed by atoms with Crippen molar-refractivity contribution in [3.63, 3.8) is 0 Å². The Morgan fingerprint density at radius 3 is 2.37 bits per heavy atom. The quantitative estimate of drug-likeness (QED) is 0.0960. The first-order valence-corrected chi connectivity index (χ1v) is 21.9. The number of fused-ring (bicyclic) bond motifs is 1. The first kappa shape index (κ1) is 45.7. The second-order valence-corrected chi connectivity index (χ2v) is 18.8. The van der Waals surface area contributed by atoms with Crippen molar-refractivity contribution in [1.82, 2.24) is 25.0 Å². The molecule has 0 aliphatic carbocycles. The zero-order valence-electron chi connectivity index (χ0n) is 36.6. The number of aliphatic hydroxyl groups is 1. The van der Waals surface area contributed by atoms with Crippen molar-refractivity contribution < 1.29 is 24.1 Å². The van der Waals surface area contributed by atoms with Crippen molar-refractivity contribution in [2.75, 3.05) is 19.7 Å². The molecule has 3 heterocycles. The molecule has 0 radical (unpaired) electrons. The number of ether oxygens (including phenoxy) is 3. The molecule has 0 unspecified atom stereocenters. The largest absolute Gasteiger partial charge is 0.489 e. The van der Waals surface area contributed by atoms with Crippen LogP contribution >= 0.6 is 23.2 Å². The van der Waals surface area contributed by atoms with Gasteiger partial charge in [0.05, 0.1) is 47.2 Å². The maximum absolute atomic E-state index is 13.4. The van der Waals surface area contributed by atoms with Gasteiger partial charge in [-0.1, -0.05) is 77.8 Å². The summed E-state index contributed by atoms with van der Waals surface area (Å²) in [5, 5.41) is 29.7. The molecule has 11 nitrogen and oxygen atoms in total. The molecule has 1 aliphatic heterocycles. The number of hydrogen-bond acceptors (Lipinski definition) is 10. The average molecular weight is 890 g/mol. The number of likely N-dealkylation sites (tertiary alicyclic amines) is 1.